The Morgan fingerprint density at radius 2 is 1.91 bits per heavy atom. The molecular formula is C19H24N2O. The highest BCUT2D eigenvalue weighted by Gasteiger charge is 2.23. The third-order valence-corrected chi connectivity index (χ3v) is 3.81. The molecule has 0 aromatic heterocycles. The summed E-state index contributed by atoms with van der Waals surface area (Å²) in [5.41, 5.74) is 10.0. The lowest BCUT2D eigenvalue weighted by molar-refractivity contribution is 0.100. The summed E-state index contributed by atoms with van der Waals surface area (Å²) in [4.78, 5) is 11.8. The third-order valence-electron chi connectivity index (χ3n) is 3.81. The molecule has 0 spiro atoms. The summed E-state index contributed by atoms with van der Waals surface area (Å²) >= 11 is 0. The molecule has 22 heavy (non-hydrogen) atoms. The Kier molecular flexibility index (Phi) is 4.65. The van der Waals surface area contributed by atoms with Gasteiger partial charge in [0.1, 0.15) is 0 Å². The Labute approximate surface area is 132 Å². The van der Waals surface area contributed by atoms with E-state index >= 15 is 0 Å². The van der Waals surface area contributed by atoms with Crippen LogP contribution in [0.2, 0.25) is 0 Å². The fraction of sp³-hybridized carbons (Fsp3) is 0.368. The Morgan fingerprint density at radius 1 is 1.27 bits per heavy atom. The first-order chi connectivity index (χ1) is 10.2. The first-order valence-electron chi connectivity index (χ1n) is 7.59. The molecule has 1 aliphatic rings. The molecule has 1 aliphatic carbocycles. The van der Waals surface area contributed by atoms with Crippen molar-refractivity contribution in [2.45, 2.75) is 40.0 Å². The number of allylic oxidation sites excluding steroid dienone is 3. The van der Waals surface area contributed by atoms with Gasteiger partial charge in [0.05, 0.1) is 12.3 Å². The molecule has 0 atom stereocenters. The van der Waals surface area contributed by atoms with E-state index in [-0.39, 0.29) is 18.0 Å². The average molecular weight is 296 g/mol. The lowest BCUT2D eigenvalue weighted by atomic mass is 9.75. The van der Waals surface area contributed by atoms with Gasteiger partial charge < -0.3 is 5.73 Å². The van der Waals surface area contributed by atoms with Gasteiger partial charge in [0, 0.05) is 5.56 Å². The zero-order valence-corrected chi connectivity index (χ0v) is 13.6. The Hall–Kier alpha value is -2.16. The minimum atomic E-state index is -0.110. The highest BCUT2D eigenvalue weighted by Crippen LogP contribution is 2.38. The highest BCUT2D eigenvalue weighted by atomic mass is 16.1. The van der Waals surface area contributed by atoms with Crippen LogP contribution in [-0.2, 0) is 0 Å². The molecule has 3 heteroatoms. The molecule has 0 aliphatic heterocycles. The number of hydrogen-bond acceptors (Lipinski definition) is 2. The monoisotopic (exact) mass is 296 g/mol. The molecule has 0 bridgehead atoms. The Morgan fingerprint density at radius 3 is 2.45 bits per heavy atom. The molecule has 3 N–H and O–H groups in total. The Bertz CT molecular complexity index is 649. The van der Waals surface area contributed by atoms with Gasteiger partial charge in [0.2, 0.25) is 0 Å². The van der Waals surface area contributed by atoms with Gasteiger partial charge in [-0.3, -0.25) is 10.2 Å². The molecule has 116 valence electrons. The van der Waals surface area contributed by atoms with Crippen LogP contribution in [0.5, 0.6) is 0 Å². The molecule has 0 saturated carbocycles. The maximum Gasteiger partial charge on any atom is 0.170 e. The lowest BCUT2D eigenvalue weighted by Crippen LogP contribution is -2.16. The molecule has 1 aromatic rings. The van der Waals surface area contributed by atoms with Crippen molar-refractivity contribution in [2.24, 2.45) is 11.1 Å². The second-order valence-corrected chi connectivity index (χ2v) is 6.97. The van der Waals surface area contributed by atoms with Crippen molar-refractivity contribution in [1.82, 2.24) is 0 Å². The largest absolute Gasteiger partial charge is 0.387 e. The Balaban J connectivity index is 2.17. The van der Waals surface area contributed by atoms with Crippen LogP contribution in [0.3, 0.4) is 0 Å². The van der Waals surface area contributed by atoms with Crippen molar-refractivity contribution in [3.63, 3.8) is 0 Å². The van der Waals surface area contributed by atoms with Crippen LogP contribution in [0.15, 0.2) is 41.5 Å². The van der Waals surface area contributed by atoms with Gasteiger partial charge in [-0.1, -0.05) is 55.8 Å². The highest BCUT2D eigenvalue weighted by molar-refractivity contribution is 6.07. The number of rotatable bonds is 4. The molecule has 0 saturated heterocycles. The van der Waals surface area contributed by atoms with E-state index in [1.165, 1.54) is 11.1 Å². The summed E-state index contributed by atoms with van der Waals surface area (Å²) in [6.45, 7) is 6.76. The standard InChI is InChI=1S/C19H24N2O/c1-13-8-15(12-19(2,3)11-13)9-14-4-6-16(7-5-14)17(22)10-18(20)21/h4-9H,10-12H2,1-3H3,(H3,20,21)/b15-9+. The molecule has 0 unspecified atom stereocenters. The minimum absolute atomic E-state index is 0.0173. The second-order valence-electron chi connectivity index (χ2n) is 6.97. The number of carbonyl (C=O) groups is 1. The van der Waals surface area contributed by atoms with Gasteiger partial charge in [0.15, 0.2) is 5.78 Å². The molecule has 3 nitrogen and oxygen atoms in total. The predicted octanol–water partition coefficient (Wildman–Crippen LogP) is 4.35. The van der Waals surface area contributed by atoms with E-state index in [1.54, 1.807) is 0 Å². The van der Waals surface area contributed by atoms with E-state index in [4.69, 9.17) is 11.1 Å². The molecular weight excluding hydrogens is 272 g/mol. The molecule has 1 aromatic carbocycles. The van der Waals surface area contributed by atoms with Crippen LogP contribution in [0.25, 0.3) is 6.08 Å². The average Bonchev–Trinajstić information content (AvgIpc) is 2.36. The molecule has 0 heterocycles. The SMILES string of the molecule is CC1=C/C(=C\c2ccc(C(=O)CC(=N)N)cc2)CC(C)(C)C1. The summed E-state index contributed by atoms with van der Waals surface area (Å²) < 4.78 is 0. The predicted molar refractivity (Wildman–Crippen MR) is 92.1 cm³/mol. The van der Waals surface area contributed by atoms with E-state index in [1.807, 2.05) is 24.3 Å². The summed E-state index contributed by atoms with van der Waals surface area (Å²) in [5, 5.41) is 7.18. The van der Waals surface area contributed by atoms with Gasteiger partial charge in [-0.15, -0.1) is 0 Å². The fourth-order valence-electron chi connectivity index (χ4n) is 3.14. The molecule has 0 fully saturated rings. The zero-order chi connectivity index (χ0) is 16.3. The van der Waals surface area contributed by atoms with Gasteiger partial charge in [-0.2, -0.15) is 0 Å². The minimum Gasteiger partial charge on any atom is -0.387 e. The van der Waals surface area contributed by atoms with E-state index in [2.05, 4.69) is 32.9 Å². The van der Waals surface area contributed by atoms with Crippen molar-refractivity contribution >= 4 is 17.7 Å². The normalized spacial score (nSPS) is 18.9. The van der Waals surface area contributed by atoms with E-state index in [0.29, 0.717) is 11.0 Å². The van der Waals surface area contributed by atoms with Crippen molar-refractivity contribution in [3.8, 4) is 0 Å². The van der Waals surface area contributed by atoms with Crippen LogP contribution < -0.4 is 5.73 Å². The van der Waals surface area contributed by atoms with Gasteiger partial charge in [-0.05, 0) is 36.3 Å². The fourth-order valence-corrected chi connectivity index (χ4v) is 3.14. The molecule has 0 amide bonds. The summed E-state index contributed by atoms with van der Waals surface area (Å²) in [5.74, 6) is -0.206. The topological polar surface area (TPSA) is 66.9 Å². The molecule has 2 rings (SSSR count). The summed E-state index contributed by atoms with van der Waals surface area (Å²) in [6.07, 6.45) is 6.64. The second kappa shape index (κ2) is 6.30. The summed E-state index contributed by atoms with van der Waals surface area (Å²) in [7, 11) is 0. The number of nitrogens with two attached hydrogens (primary N) is 1. The number of carbonyl (C=O) groups excluding carboxylic acids is 1. The lowest BCUT2D eigenvalue weighted by Gasteiger charge is -2.30. The first kappa shape index (κ1) is 16.2. The van der Waals surface area contributed by atoms with E-state index in [0.717, 1.165) is 18.4 Å². The number of ketones is 1. The third kappa shape index (κ3) is 4.42. The van der Waals surface area contributed by atoms with Crippen LogP contribution in [0.4, 0.5) is 0 Å². The number of benzene rings is 1. The van der Waals surface area contributed by atoms with Crippen molar-refractivity contribution in [3.05, 3.63) is 52.6 Å². The number of amidine groups is 1. The zero-order valence-electron chi connectivity index (χ0n) is 13.6. The summed E-state index contributed by atoms with van der Waals surface area (Å²) in [6, 6.07) is 7.51. The number of Topliss-reactive ketones (excluding diaryl/α,β-unsaturated/α-hetero) is 1. The molecule has 0 radical (unpaired) electrons. The maximum atomic E-state index is 11.8. The first-order valence-corrected chi connectivity index (χ1v) is 7.59. The number of nitrogens with one attached hydrogen (secondary N) is 1. The van der Waals surface area contributed by atoms with Crippen LogP contribution in [0, 0.1) is 10.8 Å². The quantitative estimate of drug-likeness (QED) is 0.493. The van der Waals surface area contributed by atoms with Crippen LogP contribution in [0.1, 0.15) is 56.0 Å². The van der Waals surface area contributed by atoms with Gasteiger partial charge in [-0.25, -0.2) is 0 Å². The van der Waals surface area contributed by atoms with Crippen molar-refractivity contribution in [1.29, 1.82) is 5.41 Å². The van der Waals surface area contributed by atoms with Gasteiger partial charge in [0.25, 0.3) is 0 Å². The number of hydrogen-bond donors (Lipinski definition) is 2. The van der Waals surface area contributed by atoms with E-state index < -0.39 is 0 Å². The van der Waals surface area contributed by atoms with Gasteiger partial charge >= 0.3 is 0 Å². The van der Waals surface area contributed by atoms with Crippen molar-refractivity contribution < 1.29 is 4.79 Å². The van der Waals surface area contributed by atoms with E-state index in [9.17, 15) is 4.79 Å². The maximum absolute atomic E-state index is 11.8. The smallest absolute Gasteiger partial charge is 0.170 e. The van der Waals surface area contributed by atoms with Crippen molar-refractivity contribution in [2.75, 3.05) is 0 Å². The van der Waals surface area contributed by atoms with Crippen LogP contribution in [-0.4, -0.2) is 11.6 Å². The van der Waals surface area contributed by atoms with Crippen LogP contribution >= 0.6 is 0 Å².